The standard InChI is InChI=1S/C29H21Cl2N3O4/c1-36-29(35)25-11-7-19-12-18(6-10-24(19)33-25)16-4-8-20(9-5-16)37-15-21-27(34-38-28(21)17-2-3-17)26-22(30)13-32-14-23(26)31/h4-14,17H,2-3,15H2,1H3. The summed E-state index contributed by atoms with van der Waals surface area (Å²) in [6.45, 7) is 0.267. The van der Waals surface area contributed by atoms with Gasteiger partial charge in [-0.15, -0.1) is 0 Å². The Balaban J connectivity index is 1.23. The van der Waals surface area contributed by atoms with Crippen LogP contribution >= 0.6 is 23.2 Å². The minimum Gasteiger partial charge on any atom is -0.489 e. The third-order valence-electron chi connectivity index (χ3n) is 6.51. The van der Waals surface area contributed by atoms with Gasteiger partial charge in [-0.25, -0.2) is 9.78 Å². The Hall–Kier alpha value is -3.94. The molecule has 6 rings (SSSR count). The van der Waals surface area contributed by atoms with Crippen LogP contribution < -0.4 is 4.74 Å². The summed E-state index contributed by atoms with van der Waals surface area (Å²) in [6.07, 6.45) is 5.19. The number of benzene rings is 2. The molecule has 2 aromatic carbocycles. The number of halogens is 2. The van der Waals surface area contributed by atoms with E-state index in [9.17, 15) is 4.79 Å². The predicted molar refractivity (Wildman–Crippen MR) is 145 cm³/mol. The number of aromatic nitrogens is 3. The van der Waals surface area contributed by atoms with Crippen molar-refractivity contribution < 1.29 is 18.8 Å². The zero-order valence-corrected chi connectivity index (χ0v) is 21.8. The van der Waals surface area contributed by atoms with Crippen LogP contribution in [0, 0.1) is 0 Å². The van der Waals surface area contributed by atoms with E-state index in [4.69, 9.17) is 37.2 Å². The van der Waals surface area contributed by atoms with Gasteiger partial charge < -0.3 is 14.0 Å². The summed E-state index contributed by atoms with van der Waals surface area (Å²) >= 11 is 12.8. The summed E-state index contributed by atoms with van der Waals surface area (Å²) in [5.74, 6) is 1.41. The number of ether oxygens (including phenoxy) is 2. The van der Waals surface area contributed by atoms with Crippen LogP contribution in [0.3, 0.4) is 0 Å². The highest BCUT2D eigenvalue weighted by molar-refractivity contribution is 6.38. The number of fused-ring (bicyclic) bond motifs is 1. The quantitative estimate of drug-likeness (QED) is 0.195. The first-order valence-corrected chi connectivity index (χ1v) is 12.8. The number of esters is 1. The number of carbonyl (C=O) groups is 1. The van der Waals surface area contributed by atoms with Gasteiger partial charge in [0.2, 0.25) is 0 Å². The summed E-state index contributed by atoms with van der Waals surface area (Å²) in [7, 11) is 1.34. The van der Waals surface area contributed by atoms with Crippen LogP contribution in [-0.2, 0) is 11.3 Å². The van der Waals surface area contributed by atoms with Crippen LogP contribution in [0.4, 0.5) is 0 Å². The smallest absolute Gasteiger partial charge is 0.356 e. The van der Waals surface area contributed by atoms with Gasteiger partial charge in [-0.05, 0) is 54.3 Å². The van der Waals surface area contributed by atoms with Crippen LogP contribution in [0.2, 0.25) is 10.0 Å². The third kappa shape index (κ3) is 4.71. The molecule has 3 aromatic heterocycles. The van der Waals surface area contributed by atoms with E-state index in [1.165, 1.54) is 7.11 Å². The highest BCUT2D eigenvalue weighted by Crippen LogP contribution is 2.46. The number of hydrogen-bond acceptors (Lipinski definition) is 7. The second kappa shape index (κ2) is 10.1. The van der Waals surface area contributed by atoms with E-state index in [0.29, 0.717) is 33.0 Å². The first-order valence-electron chi connectivity index (χ1n) is 12.0. The van der Waals surface area contributed by atoms with Crippen molar-refractivity contribution in [2.45, 2.75) is 25.4 Å². The van der Waals surface area contributed by atoms with Crippen molar-refractivity contribution in [1.29, 1.82) is 0 Å². The van der Waals surface area contributed by atoms with Crippen molar-refractivity contribution in [1.82, 2.24) is 15.1 Å². The molecule has 0 saturated heterocycles. The predicted octanol–water partition coefficient (Wildman–Crippen LogP) is 7.50. The molecule has 38 heavy (non-hydrogen) atoms. The van der Waals surface area contributed by atoms with Crippen LogP contribution in [0.1, 0.15) is 40.6 Å². The van der Waals surface area contributed by atoms with Gasteiger partial charge in [0, 0.05) is 29.3 Å². The summed E-state index contributed by atoms with van der Waals surface area (Å²) in [5.41, 5.74) is 5.08. The Morgan fingerprint density at radius 2 is 1.74 bits per heavy atom. The number of pyridine rings is 2. The average molecular weight is 546 g/mol. The first-order chi connectivity index (χ1) is 18.5. The van der Waals surface area contributed by atoms with Crippen molar-refractivity contribution in [3.8, 4) is 28.1 Å². The topological polar surface area (TPSA) is 87.3 Å². The second-order valence-corrected chi connectivity index (χ2v) is 9.85. The molecule has 1 fully saturated rings. The maximum absolute atomic E-state index is 11.8. The molecule has 0 atom stereocenters. The molecule has 5 aromatic rings. The van der Waals surface area contributed by atoms with E-state index in [1.54, 1.807) is 18.5 Å². The van der Waals surface area contributed by atoms with Crippen LogP contribution in [0.5, 0.6) is 5.75 Å². The molecule has 190 valence electrons. The highest BCUT2D eigenvalue weighted by atomic mass is 35.5. The number of hydrogen-bond donors (Lipinski definition) is 0. The highest BCUT2D eigenvalue weighted by Gasteiger charge is 2.33. The molecule has 0 bridgehead atoms. The monoisotopic (exact) mass is 545 g/mol. The van der Waals surface area contributed by atoms with Crippen molar-refractivity contribution in [3.05, 3.63) is 94.1 Å². The van der Waals surface area contributed by atoms with Crippen molar-refractivity contribution in [2.24, 2.45) is 0 Å². The van der Waals surface area contributed by atoms with Gasteiger partial charge in [0.15, 0.2) is 0 Å². The molecule has 0 N–H and O–H groups in total. The number of rotatable bonds is 7. The molecule has 0 unspecified atom stereocenters. The molecule has 7 nitrogen and oxygen atoms in total. The summed E-state index contributed by atoms with van der Waals surface area (Å²) in [5, 5.41) is 6.04. The largest absolute Gasteiger partial charge is 0.489 e. The molecule has 0 radical (unpaired) electrons. The molecule has 1 aliphatic carbocycles. The molecule has 0 amide bonds. The Morgan fingerprint density at radius 1 is 1.00 bits per heavy atom. The zero-order valence-electron chi connectivity index (χ0n) is 20.3. The van der Waals surface area contributed by atoms with Crippen LogP contribution in [-0.4, -0.2) is 28.2 Å². The average Bonchev–Trinajstić information content (AvgIpc) is 3.71. The lowest BCUT2D eigenvalue weighted by molar-refractivity contribution is 0.0594. The van der Waals surface area contributed by atoms with Crippen molar-refractivity contribution >= 4 is 40.1 Å². The lowest BCUT2D eigenvalue weighted by Gasteiger charge is -2.10. The third-order valence-corrected chi connectivity index (χ3v) is 7.08. The van der Waals surface area contributed by atoms with Gasteiger partial charge in [0.1, 0.15) is 29.5 Å². The van der Waals surface area contributed by atoms with E-state index in [2.05, 4.69) is 15.1 Å². The fourth-order valence-electron chi connectivity index (χ4n) is 4.38. The van der Waals surface area contributed by atoms with Crippen LogP contribution in [0.25, 0.3) is 33.3 Å². The van der Waals surface area contributed by atoms with E-state index in [-0.39, 0.29) is 12.3 Å². The number of methoxy groups -OCH3 is 1. The van der Waals surface area contributed by atoms with E-state index >= 15 is 0 Å². The lowest BCUT2D eigenvalue weighted by Crippen LogP contribution is -2.03. The lowest BCUT2D eigenvalue weighted by atomic mass is 10.0. The number of nitrogens with zero attached hydrogens (tertiary/aromatic N) is 3. The SMILES string of the molecule is COC(=O)c1ccc2cc(-c3ccc(OCc4c(-c5c(Cl)cncc5Cl)noc4C4CC4)cc3)ccc2n1. The molecular weight excluding hydrogens is 525 g/mol. The van der Waals surface area contributed by atoms with E-state index in [1.807, 2.05) is 48.5 Å². The molecule has 1 aliphatic rings. The maximum atomic E-state index is 11.8. The van der Waals surface area contributed by atoms with Gasteiger partial charge >= 0.3 is 5.97 Å². The van der Waals surface area contributed by atoms with E-state index < -0.39 is 5.97 Å². The van der Waals surface area contributed by atoms with Crippen molar-refractivity contribution in [2.75, 3.05) is 7.11 Å². The summed E-state index contributed by atoms with van der Waals surface area (Å²) in [4.78, 5) is 20.2. The first kappa shape index (κ1) is 24.4. The van der Waals surface area contributed by atoms with Crippen LogP contribution in [0.15, 0.2) is 71.5 Å². The molecule has 1 saturated carbocycles. The summed E-state index contributed by atoms with van der Waals surface area (Å²) < 4.78 is 16.6. The van der Waals surface area contributed by atoms with Gasteiger partial charge in [0.05, 0.1) is 28.2 Å². The summed E-state index contributed by atoms with van der Waals surface area (Å²) in [6, 6.07) is 17.3. The fourth-order valence-corrected chi connectivity index (χ4v) is 4.93. The maximum Gasteiger partial charge on any atom is 0.356 e. The Kier molecular flexibility index (Phi) is 6.47. The van der Waals surface area contributed by atoms with Gasteiger partial charge in [-0.1, -0.05) is 52.6 Å². The van der Waals surface area contributed by atoms with Gasteiger partial charge in [-0.3, -0.25) is 4.98 Å². The molecule has 0 aliphatic heterocycles. The minimum atomic E-state index is -0.457. The zero-order chi connectivity index (χ0) is 26.2. The van der Waals surface area contributed by atoms with Crippen molar-refractivity contribution in [3.63, 3.8) is 0 Å². The fraction of sp³-hybridized carbons (Fsp3) is 0.172. The normalized spacial score (nSPS) is 13.0. The minimum absolute atomic E-state index is 0.267. The molecule has 3 heterocycles. The Labute approximate surface area is 228 Å². The molecular formula is C29H21Cl2N3O4. The molecule has 9 heteroatoms. The molecule has 0 spiro atoms. The van der Waals surface area contributed by atoms with Gasteiger partial charge in [-0.2, -0.15) is 0 Å². The van der Waals surface area contributed by atoms with Gasteiger partial charge in [0.25, 0.3) is 0 Å². The van der Waals surface area contributed by atoms with E-state index in [0.717, 1.165) is 46.2 Å². The Morgan fingerprint density at radius 3 is 2.45 bits per heavy atom. The second-order valence-electron chi connectivity index (χ2n) is 9.04. The number of carbonyl (C=O) groups excluding carboxylic acids is 1. The Bertz CT molecular complexity index is 1640.